The molecule has 2 unspecified atom stereocenters. The second-order valence-electron chi connectivity index (χ2n) is 7.89. The maximum atomic E-state index is 12.4. The molecule has 5 nitrogen and oxygen atoms in total. The molecule has 2 aliphatic heterocycles. The second-order valence-corrected chi connectivity index (χ2v) is 7.89. The Labute approximate surface area is 149 Å². The van der Waals surface area contributed by atoms with Crippen molar-refractivity contribution in [2.75, 3.05) is 33.0 Å². The topological polar surface area (TPSA) is 52.5 Å². The SMILES string of the molecule is O=c1ccc2c(n1CC1CCOCC1)CCC(NCC1CCOC1)C2. The van der Waals surface area contributed by atoms with Gasteiger partial charge in [0.05, 0.1) is 6.61 Å². The first kappa shape index (κ1) is 17.3. The Morgan fingerprint density at radius 1 is 1.04 bits per heavy atom. The first-order chi connectivity index (χ1) is 12.3. The Morgan fingerprint density at radius 3 is 2.64 bits per heavy atom. The molecule has 1 N–H and O–H groups in total. The van der Waals surface area contributed by atoms with Gasteiger partial charge in [-0.15, -0.1) is 0 Å². The van der Waals surface area contributed by atoms with Gasteiger partial charge < -0.3 is 19.4 Å². The normalized spacial score (nSPS) is 27.4. The van der Waals surface area contributed by atoms with E-state index >= 15 is 0 Å². The lowest BCUT2D eigenvalue weighted by atomic mass is 9.90. The summed E-state index contributed by atoms with van der Waals surface area (Å²) in [4.78, 5) is 12.4. The van der Waals surface area contributed by atoms with E-state index in [0.717, 1.165) is 71.6 Å². The summed E-state index contributed by atoms with van der Waals surface area (Å²) in [5, 5.41) is 3.74. The van der Waals surface area contributed by atoms with E-state index in [2.05, 4.69) is 16.0 Å². The molecule has 4 rings (SSSR count). The molecule has 0 bridgehead atoms. The standard InChI is InChI=1S/C20H30N2O3/c23-20-4-1-17-11-18(21-12-16-7-10-25-14-16)2-3-19(17)22(20)13-15-5-8-24-9-6-15/h1,4,15-16,18,21H,2-3,5-14H2. The van der Waals surface area contributed by atoms with Crippen LogP contribution in [0.1, 0.15) is 36.9 Å². The van der Waals surface area contributed by atoms with E-state index in [0.29, 0.717) is 17.9 Å². The summed E-state index contributed by atoms with van der Waals surface area (Å²) in [7, 11) is 0. The molecule has 2 fully saturated rings. The van der Waals surface area contributed by atoms with Gasteiger partial charge in [0.1, 0.15) is 0 Å². The van der Waals surface area contributed by atoms with Gasteiger partial charge in [-0.05, 0) is 55.9 Å². The predicted octanol–water partition coefficient (Wildman–Crippen LogP) is 1.76. The molecule has 0 saturated carbocycles. The molecule has 1 aromatic rings. The first-order valence-corrected chi connectivity index (χ1v) is 9.90. The third kappa shape index (κ3) is 4.15. The fourth-order valence-corrected chi connectivity index (χ4v) is 4.46. The van der Waals surface area contributed by atoms with Crippen LogP contribution in [0, 0.1) is 11.8 Å². The van der Waals surface area contributed by atoms with Gasteiger partial charge in [0.25, 0.3) is 5.56 Å². The van der Waals surface area contributed by atoms with Crippen LogP contribution in [0.4, 0.5) is 0 Å². The summed E-state index contributed by atoms with van der Waals surface area (Å²) in [6.45, 7) is 5.42. The molecule has 3 aliphatic rings. The van der Waals surface area contributed by atoms with Crippen molar-refractivity contribution in [3.63, 3.8) is 0 Å². The third-order valence-corrected chi connectivity index (χ3v) is 6.09. The lowest BCUT2D eigenvalue weighted by Crippen LogP contribution is -2.40. The van der Waals surface area contributed by atoms with Gasteiger partial charge in [-0.2, -0.15) is 0 Å². The highest BCUT2D eigenvalue weighted by atomic mass is 16.5. The van der Waals surface area contributed by atoms with Crippen molar-refractivity contribution in [3.8, 4) is 0 Å². The molecule has 138 valence electrons. The van der Waals surface area contributed by atoms with Gasteiger partial charge in [0.15, 0.2) is 0 Å². The van der Waals surface area contributed by atoms with Crippen molar-refractivity contribution in [2.24, 2.45) is 11.8 Å². The van der Waals surface area contributed by atoms with E-state index in [9.17, 15) is 4.79 Å². The monoisotopic (exact) mass is 346 g/mol. The number of hydrogen-bond acceptors (Lipinski definition) is 4. The highest BCUT2D eigenvalue weighted by molar-refractivity contribution is 5.25. The van der Waals surface area contributed by atoms with Crippen LogP contribution in [0.15, 0.2) is 16.9 Å². The predicted molar refractivity (Wildman–Crippen MR) is 97.0 cm³/mol. The van der Waals surface area contributed by atoms with Gasteiger partial charge in [-0.25, -0.2) is 0 Å². The Bertz CT molecular complexity index is 630. The van der Waals surface area contributed by atoms with Crippen LogP contribution in [-0.2, 0) is 28.9 Å². The minimum atomic E-state index is 0.166. The summed E-state index contributed by atoms with van der Waals surface area (Å²) in [5.74, 6) is 1.25. The van der Waals surface area contributed by atoms with E-state index in [1.165, 1.54) is 17.7 Å². The van der Waals surface area contributed by atoms with E-state index in [4.69, 9.17) is 9.47 Å². The zero-order valence-corrected chi connectivity index (χ0v) is 15.0. The summed E-state index contributed by atoms with van der Waals surface area (Å²) in [5.41, 5.74) is 2.80. The smallest absolute Gasteiger partial charge is 0.250 e. The van der Waals surface area contributed by atoms with Crippen molar-refractivity contribution >= 4 is 0 Å². The van der Waals surface area contributed by atoms with Crippen molar-refractivity contribution in [1.29, 1.82) is 0 Å². The number of aromatic nitrogens is 1. The molecular weight excluding hydrogens is 316 g/mol. The number of nitrogens with one attached hydrogen (secondary N) is 1. The minimum Gasteiger partial charge on any atom is -0.381 e. The van der Waals surface area contributed by atoms with Crippen LogP contribution in [0.3, 0.4) is 0 Å². The van der Waals surface area contributed by atoms with Gasteiger partial charge in [-0.1, -0.05) is 6.07 Å². The van der Waals surface area contributed by atoms with Crippen molar-refractivity contribution in [2.45, 2.75) is 51.1 Å². The molecule has 3 heterocycles. The summed E-state index contributed by atoms with van der Waals surface area (Å²) >= 11 is 0. The van der Waals surface area contributed by atoms with Crippen LogP contribution < -0.4 is 10.9 Å². The maximum Gasteiger partial charge on any atom is 0.250 e. The quantitative estimate of drug-likeness (QED) is 0.883. The minimum absolute atomic E-state index is 0.166. The molecule has 0 radical (unpaired) electrons. The highest BCUT2D eigenvalue weighted by Crippen LogP contribution is 2.23. The van der Waals surface area contributed by atoms with E-state index in [1.54, 1.807) is 6.07 Å². The summed E-state index contributed by atoms with van der Waals surface area (Å²) in [6, 6.07) is 4.36. The van der Waals surface area contributed by atoms with Crippen LogP contribution in [0.25, 0.3) is 0 Å². The maximum absolute atomic E-state index is 12.4. The molecule has 25 heavy (non-hydrogen) atoms. The molecule has 0 spiro atoms. The zero-order valence-electron chi connectivity index (χ0n) is 15.0. The molecule has 2 atom stereocenters. The molecule has 0 amide bonds. The van der Waals surface area contributed by atoms with Crippen molar-refractivity contribution < 1.29 is 9.47 Å². The second kappa shape index (κ2) is 8.02. The fourth-order valence-electron chi connectivity index (χ4n) is 4.46. The van der Waals surface area contributed by atoms with E-state index < -0.39 is 0 Å². The summed E-state index contributed by atoms with van der Waals surface area (Å²) < 4.78 is 13.0. The average Bonchev–Trinajstić information content (AvgIpc) is 3.17. The van der Waals surface area contributed by atoms with Gasteiger partial charge in [-0.3, -0.25) is 4.79 Å². The molecule has 2 saturated heterocycles. The Morgan fingerprint density at radius 2 is 1.84 bits per heavy atom. The lowest BCUT2D eigenvalue weighted by molar-refractivity contribution is 0.0606. The van der Waals surface area contributed by atoms with Gasteiger partial charge in [0.2, 0.25) is 0 Å². The zero-order chi connectivity index (χ0) is 17.1. The summed E-state index contributed by atoms with van der Waals surface area (Å²) in [6.07, 6.45) is 6.50. The van der Waals surface area contributed by atoms with Gasteiger partial charge in [0, 0.05) is 50.7 Å². The number of nitrogens with zero attached hydrogens (tertiary/aromatic N) is 1. The largest absolute Gasteiger partial charge is 0.381 e. The number of pyridine rings is 1. The van der Waals surface area contributed by atoms with Crippen LogP contribution >= 0.6 is 0 Å². The fraction of sp³-hybridized carbons (Fsp3) is 0.750. The van der Waals surface area contributed by atoms with Crippen LogP contribution in [0.5, 0.6) is 0 Å². The van der Waals surface area contributed by atoms with Gasteiger partial charge >= 0.3 is 0 Å². The lowest BCUT2D eigenvalue weighted by Gasteiger charge is -2.30. The van der Waals surface area contributed by atoms with E-state index in [-0.39, 0.29) is 5.56 Å². The molecule has 5 heteroatoms. The van der Waals surface area contributed by atoms with Crippen LogP contribution in [-0.4, -0.2) is 43.6 Å². The van der Waals surface area contributed by atoms with Crippen LogP contribution in [0.2, 0.25) is 0 Å². The Balaban J connectivity index is 1.41. The van der Waals surface area contributed by atoms with E-state index in [1.807, 2.05) is 0 Å². The Kier molecular flexibility index (Phi) is 5.54. The number of hydrogen-bond donors (Lipinski definition) is 1. The first-order valence-electron chi connectivity index (χ1n) is 9.90. The van der Waals surface area contributed by atoms with Crippen molar-refractivity contribution in [1.82, 2.24) is 9.88 Å². The molecular formula is C20H30N2O3. The average molecular weight is 346 g/mol. The highest BCUT2D eigenvalue weighted by Gasteiger charge is 2.24. The third-order valence-electron chi connectivity index (χ3n) is 6.09. The number of rotatable bonds is 5. The number of fused-ring (bicyclic) bond motifs is 1. The molecule has 1 aromatic heterocycles. The molecule has 1 aliphatic carbocycles. The Hall–Kier alpha value is -1.17. The number of ether oxygens (including phenoxy) is 2. The van der Waals surface area contributed by atoms with Crippen molar-refractivity contribution in [3.05, 3.63) is 33.7 Å². The molecule has 0 aromatic carbocycles.